The fraction of sp³-hybridized carbons (Fsp3) is 0.579. The van der Waals surface area contributed by atoms with Crippen LogP contribution in [0.1, 0.15) is 25.3 Å². The monoisotopic (exact) mass is 331 g/mol. The Morgan fingerprint density at radius 3 is 2.62 bits per heavy atom. The predicted molar refractivity (Wildman–Crippen MR) is 89.1 cm³/mol. The largest absolute Gasteiger partial charge is 0.465 e. The van der Waals surface area contributed by atoms with Gasteiger partial charge in [-0.1, -0.05) is 30.3 Å². The molecule has 5 heteroatoms. The van der Waals surface area contributed by atoms with Crippen molar-refractivity contribution >= 4 is 11.9 Å². The number of ether oxygens (including phenoxy) is 1. The van der Waals surface area contributed by atoms with Crippen LogP contribution >= 0.6 is 0 Å². The maximum atomic E-state index is 12.8. The van der Waals surface area contributed by atoms with E-state index in [1.54, 1.807) is 11.8 Å². The fourth-order valence-electron chi connectivity index (χ4n) is 3.76. The van der Waals surface area contributed by atoms with E-state index >= 15 is 0 Å². The second-order valence-corrected chi connectivity index (χ2v) is 6.88. The van der Waals surface area contributed by atoms with Gasteiger partial charge in [0.25, 0.3) is 0 Å². The molecule has 1 aliphatic carbocycles. The van der Waals surface area contributed by atoms with Gasteiger partial charge in [-0.05, 0) is 37.2 Å². The second kappa shape index (κ2) is 6.93. The van der Waals surface area contributed by atoms with Crippen LogP contribution in [-0.4, -0.2) is 48.2 Å². The molecule has 0 radical (unpaired) electrons. The van der Waals surface area contributed by atoms with Crippen molar-refractivity contribution in [2.24, 2.45) is 17.3 Å². The number of benzene rings is 1. The molecule has 1 heterocycles. The van der Waals surface area contributed by atoms with Crippen molar-refractivity contribution in [1.82, 2.24) is 4.90 Å². The minimum atomic E-state index is -0.754. The first-order chi connectivity index (χ1) is 11.6. The topological polar surface area (TPSA) is 66.8 Å². The van der Waals surface area contributed by atoms with Crippen molar-refractivity contribution in [3.05, 3.63) is 35.9 Å². The van der Waals surface area contributed by atoms with Crippen LogP contribution in [-0.2, 0) is 20.7 Å². The third-order valence-electron chi connectivity index (χ3n) is 5.44. The molecule has 24 heavy (non-hydrogen) atoms. The average molecular weight is 331 g/mol. The highest BCUT2D eigenvalue weighted by molar-refractivity contribution is 6.00. The molecule has 3 rings (SSSR count). The van der Waals surface area contributed by atoms with Crippen LogP contribution in [0.2, 0.25) is 0 Å². The van der Waals surface area contributed by atoms with Crippen LogP contribution in [0, 0.1) is 17.3 Å². The lowest BCUT2D eigenvalue weighted by atomic mass is 9.81. The molecule has 1 aromatic rings. The molecule has 1 aliphatic heterocycles. The van der Waals surface area contributed by atoms with Crippen LogP contribution in [0.5, 0.6) is 0 Å². The summed E-state index contributed by atoms with van der Waals surface area (Å²) < 4.78 is 5.14. The Labute approximate surface area is 142 Å². The van der Waals surface area contributed by atoms with Crippen molar-refractivity contribution in [2.45, 2.75) is 26.2 Å². The lowest BCUT2D eigenvalue weighted by Gasteiger charge is -2.23. The van der Waals surface area contributed by atoms with Crippen LogP contribution in [0.4, 0.5) is 0 Å². The molecule has 0 spiro atoms. The third kappa shape index (κ3) is 3.18. The van der Waals surface area contributed by atoms with E-state index in [1.807, 2.05) is 30.3 Å². The molecular weight excluding hydrogens is 306 g/mol. The molecule has 2 atom stereocenters. The number of rotatable bonds is 7. The smallest absolute Gasteiger partial charge is 0.318 e. The zero-order chi connectivity index (χ0) is 17.2. The molecule has 1 saturated carbocycles. The van der Waals surface area contributed by atoms with Crippen molar-refractivity contribution in [3.8, 4) is 0 Å². The van der Waals surface area contributed by atoms with E-state index in [-0.39, 0.29) is 30.5 Å². The summed E-state index contributed by atoms with van der Waals surface area (Å²) in [5.74, 6) is -1.47. The number of esters is 1. The van der Waals surface area contributed by atoms with Gasteiger partial charge < -0.3 is 14.7 Å². The van der Waals surface area contributed by atoms with Crippen molar-refractivity contribution < 1.29 is 19.4 Å². The molecule has 1 saturated heterocycles. The Hall–Kier alpha value is -1.88. The summed E-state index contributed by atoms with van der Waals surface area (Å²) in [5.41, 5.74) is 0.902. The number of amides is 1. The first-order valence-electron chi connectivity index (χ1n) is 8.71. The summed E-state index contributed by atoms with van der Waals surface area (Å²) in [6, 6.07) is 10.0. The Bertz CT molecular complexity index is 597. The number of aliphatic hydroxyl groups excluding tert-OH is 1. The van der Waals surface area contributed by atoms with Crippen molar-refractivity contribution in [1.29, 1.82) is 0 Å². The minimum absolute atomic E-state index is 0.0351. The van der Waals surface area contributed by atoms with E-state index in [1.165, 1.54) is 5.56 Å². The lowest BCUT2D eigenvalue weighted by Crippen LogP contribution is -2.35. The van der Waals surface area contributed by atoms with Gasteiger partial charge in [0.1, 0.15) is 5.92 Å². The molecule has 1 aromatic carbocycles. The summed E-state index contributed by atoms with van der Waals surface area (Å²) in [4.78, 5) is 26.9. The van der Waals surface area contributed by atoms with Crippen molar-refractivity contribution in [3.63, 3.8) is 0 Å². The number of likely N-dealkylation sites (tertiary alicyclic amines) is 1. The molecule has 130 valence electrons. The molecule has 0 bridgehead atoms. The number of aliphatic hydroxyl groups is 1. The highest BCUT2D eigenvalue weighted by atomic mass is 16.5. The third-order valence-corrected chi connectivity index (χ3v) is 5.44. The van der Waals surface area contributed by atoms with Gasteiger partial charge in [-0.25, -0.2) is 0 Å². The van der Waals surface area contributed by atoms with Crippen LogP contribution in [0.3, 0.4) is 0 Å². The first kappa shape index (κ1) is 17.0. The Balaban J connectivity index is 1.72. The predicted octanol–water partition coefficient (Wildman–Crippen LogP) is 1.64. The highest BCUT2D eigenvalue weighted by Gasteiger charge is 2.59. The minimum Gasteiger partial charge on any atom is -0.465 e. The molecular formula is C19H25NO4. The Morgan fingerprint density at radius 1 is 1.33 bits per heavy atom. The summed E-state index contributed by atoms with van der Waals surface area (Å²) in [6.07, 6.45) is 2.52. The number of nitrogens with zero attached hydrogens (tertiary/aromatic N) is 1. The van der Waals surface area contributed by atoms with Gasteiger partial charge >= 0.3 is 5.97 Å². The maximum absolute atomic E-state index is 12.8. The molecule has 5 nitrogen and oxygen atoms in total. The van der Waals surface area contributed by atoms with Crippen molar-refractivity contribution in [2.75, 3.05) is 26.3 Å². The molecule has 2 fully saturated rings. The van der Waals surface area contributed by atoms with Gasteiger partial charge in [0.15, 0.2) is 0 Å². The lowest BCUT2D eigenvalue weighted by molar-refractivity contribution is -0.154. The molecule has 2 aliphatic rings. The summed E-state index contributed by atoms with van der Waals surface area (Å²) >= 11 is 0. The average Bonchev–Trinajstić information content (AvgIpc) is 3.32. The standard InChI is InChI=1S/C19H25NO4/c1-2-24-18(23)16-15(19(13-21)9-10-19)12-20(17(16)22)11-8-14-6-4-3-5-7-14/h3-7,15-16,21H,2,8-13H2,1H3/t15-,16?/m1/s1. The first-order valence-corrected chi connectivity index (χ1v) is 8.71. The number of hydrogen-bond acceptors (Lipinski definition) is 4. The number of hydrogen-bond donors (Lipinski definition) is 1. The van der Waals surface area contributed by atoms with Gasteiger partial charge in [-0.15, -0.1) is 0 Å². The maximum Gasteiger partial charge on any atom is 0.318 e. The second-order valence-electron chi connectivity index (χ2n) is 6.88. The van der Waals surface area contributed by atoms with Crippen LogP contribution in [0.15, 0.2) is 30.3 Å². The van der Waals surface area contributed by atoms with Gasteiger partial charge in [0, 0.05) is 25.6 Å². The number of carbonyl (C=O) groups excluding carboxylic acids is 2. The van der Waals surface area contributed by atoms with Crippen LogP contribution in [0.25, 0.3) is 0 Å². The summed E-state index contributed by atoms with van der Waals surface area (Å²) in [6.45, 7) is 3.18. The van der Waals surface area contributed by atoms with Crippen LogP contribution < -0.4 is 0 Å². The number of carbonyl (C=O) groups is 2. The van der Waals surface area contributed by atoms with E-state index < -0.39 is 11.9 Å². The quantitative estimate of drug-likeness (QED) is 0.609. The summed E-state index contributed by atoms with van der Waals surface area (Å²) in [7, 11) is 0. The zero-order valence-electron chi connectivity index (χ0n) is 14.1. The summed E-state index contributed by atoms with van der Waals surface area (Å²) in [5, 5.41) is 9.74. The van der Waals surface area contributed by atoms with E-state index in [0.717, 1.165) is 19.3 Å². The molecule has 0 aromatic heterocycles. The van der Waals surface area contributed by atoms with E-state index in [9.17, 15) is 14.7 Å². The van der Waals surface area contributed by atoms with E-state index in [0.29, 0.717) is 13.1 Å². The molecule has 1 unspecified atom stereocenters. The molecule has 1 amide bonds. The van der Waals surface area contributed by atoms with Gasteiger partial charge in [0.05, 0.1) is 6.61 Å². The highest BCUT2D eigenvalue weighted by Crippen LogP contribution is 2.56. The van der Waals surface area contributed by atoms with E-state index in [4.69, 9.17) is 4.74 Å². The van der Waals surface area contributed by atoms with Gasteiger partial charge in [-0.2, -0.15) is 0 Å². The fourth-order valence-corrected chi connectivity index (χ4v) is 3.76. The van der Waals surface area contributed by atoms with Gasteiger partial charge in [-0.3, -0.25) is 9.59 Å². The van der Waals surface area contributed by atoms with Gasteiger partial charge in [0.2, 0.25) is 5.91 Å². The molecule has 1 N–H and O–H groups in total. The normalized spacial score (nSPS) is 24.9. The Kier molecular flexibility index (Phi) is 4.90. The Morgan fingerprint density at radius 2 is 2.04 bits per heavy atom. The van der Waals surface area contributed by atoms with E-state index in [2.05, 4.69) is 0 Å². The zero-order valence-corrected chi connectivity index (χ0v) is 14.1. The SMILES string of the molecule is CCOC(=O)C1C(=O)N(CCc2ccccc2)C[C@H]1C1(CO)CC1.